The molecule has 3 heteroatoms. The molecule has 0 radical (unpaired) electrons. The first-order valence-electron chi connectivity index (χ1n) is 6.97. The third kappa shape index (κ3) is 1.88. The molecule has 0 saturated heterocycles. The van der Waals surface area contributed by atoms with Crippen LogP contribution in [0.4, 0.5) is 0 Å². The molecule has 0 atom stereocenters. The molecule has 1 saturated carbocycles. The van der Waals surface area contributed by atoms with Gasteiger partial charge in [0.1, 0.15) is 11.5 Å². The summed E-state index contributed by atoms with van der Waals surface area (Å²) in [6.07, 6.45) is 3.23. The quantitative estimate of drug-likeness (QED) is 0.819. The lowest BCUT2D eigenvalue weighted by Gasteiger charge is -2.30. The summed E-state index contributed by atoms with van der Waals surface area (Å²) < 4.78 is 5.63. The topological polar surface area (TPSA) is 43.4 Å². The van der Waals surface area contributed by atoms with Gasteiger partial charge in [-0.05, 0) is 32.3 Å². The van der Waals surface area contributed by atoms with Crippen LogP contribution in [0, 0.1) is 5.41 Å². The molecule has 1 spiro atoms. The lowest BCUT2D eigenvalue weighted by atomic mass is 9.71. The Hall–Kier alpha value is -1.64. The molecule has 3 nitrogen and oxygen atoms in total. The van der Waals surface area contributed by atoms with E-state index in [1.807, 2.05) is 25.1 Å². The van der Waals surface area contributed by atoms with E-state index < -0.39 is 0 Å². The lowest BCUT2D eigenvalue weighted by Crippen LogP contribution is -2.33. The van der Waals surface area contributed by atoms with Gasteiger partial charge in [0.25, 0.3) is 0 Å². The van der Waals surface area contributed by atoms with Crippen LogP contribution >= 0.6 is 0 Å². The molecule has 0 aliphatic heterocycles. The highest BCUT2D eigenvalue weighted by Gasteiger charge is 2.48. The van der Waals surface area contributed by atoms with Gasteiger partial charge in [0.15, 0.2) is 5.78 Å². The summed E-state index contributed by atoms with van der Waals surface area (Å²) in [5.41, 5.74) is 1.52. The minimum atomic E-state index is -0.330. The summed E-state index contributed by atoms with van der Waals surface area (Å²) in [7, 11) is 0. The SMILES string of the molecule is CCOc1cccc2c1CC1(CCC(=O)CC1)C2=O. The molecular weight excluding hydrogens is 240 g/mol. The molecule has 2 aliphatic rings. The molecule has 0 bridgehead atoms. The second kappa shape index (κ2) is 4.48. The van der Waals surface area contributed by atoms with E-state index >= 15 is 0 Å². The largest absolute Gasteiger partial charge is 0.494 e. The maximum absolute atomic E-state index is 12.7. The molecule has 0 heterocycles. The van der Waals surface area contributed by atoms with E-state index in [1.54, 1.807) is 0 Å². The number of ether oxygens (including phenoxy) is 1. The first kappa shape index (κ1) is 12.4. The van der Waals surface area contributed by atoms with Crippen LogP contribution in [0.2, 0.25) is 0 Å². The van der Waals surface area contributed by atoms with Gasteiger partial charge in [-0.1, -0.05) is 12.1 Å². The summed E-state index contributed by atoms with van der Waals surface area (Å²) in [6.45, 7) is 2.56. The normalized spacial score (nSPS) is 20.7. The number of hydrogen-bond acceptors (Lipinski definition) is 3. The van der Waals surface area contributed by atoms with Crippen LogP contribution in [-0.2, 0) is 11.2 Å². The zero-order chi connectivity index (χ0) is 13.5. The summed E-state index contributed by atoms with van der Waals surface area (Å²) in [5.74, 6) is 1.35. The zero-order valence-electron chi connectivity index (χ0n) is 11.2. The van der Waals surface area contributed by atoms with E-state index in [1.165, 1.54) is 0 Å². The van der Waals surface area contributed by atoms with Crippen LogP contribution in [0.3, 0.4) is 0 Å². The predicted molar refractivity (Wildman–Crippen MR) is 71.6 cm³/mol. The average molecular weight is 258 g/mol. The Morgan fingerprint density at radius 3 is 2.63 bits per heavy atom. The monoisotopic (exact) mass is 258 g/mol. The Labute approximate surface area is 113 Å². The fourth-order valence-electron chi connectivity index (χ4n) is 3.37. The molecule has 0 unspecified atom stereocenters. The number of carbonyl (C=O) groups is 2. The van der Waals surface area contributed by atoms with Crippen LogP contribution in [-0.4, -0.2) is 18.2 Å². The number of Topliss-reactive ketones (excluding diaryl/α,β-unsaturated/α-hetero) is 2. The van der Waals surface area contributed by atoms with Crippen molar-refractivity contribution >= 4 is 11.6 Å². The standard InChI is InChI=1S/C16H18O3/c1-2-19-14-5-3-4-12-13(14)10-16(15(12)18)8-6-11(17)7-9-16/h3-5H,2,6-10H2,1H3. The van der Waals surface area contributed by atoms with Gasteiger partial charge < -0.3 is 4.74 Å². The Kier molecular flexibility index (Phi) is 2.92. The van der Waals surface area contributed by atoms with Gasteiger partial charge in [0.2, 0.25) is 0 Å². The summed E-state index contributed by atoms with van der Waals surface area (Å²) in [4.78, 5) is 24.1. The summed E-state index contributed by atoms with van der Waals surface area (Å²) >= 11 is 0. The van der Waals surface area contributed by atoms with Crippen molar-refractivity contribution in [3.8, 4) is 5.75 Å². The van der Waals surface area contributed by atoms with Crippen LogP contribution in [0.15, 0.2) is 18.2 Å². The molecule has 1 aromatic carbocycles. The Bertz CT molecular complexity index is 535. The zero-order valence-corrected chi connectivity index (χ0v) is 11.2. The fourth-order valence-corrected chi connectivity index (χ4v) is 3.37. The van der Waals surface area contributed by atoms with Crippen LogP contribution < -0.4 is 4.74 Å². The second-order valence-corrected chi connectivity index (χ2v) is 5.54. The first-order chi connectivity index (χ1) is 9.16. The second-order valence-electron chi connectivity index (χ2n) is 5.54. The van der Waals surface area contributed by atoms with E-state index in [4.69, 9.17) is 4.74 Å². The summed E-state index contributed by atoms with van der Waals surface area (Å²) in [6, 6.07) is 5.71. The predicted octanol–water partition coefficient (Wildman–Crippen LogP) is 2.95. The number of ketones is 2. The van der Waals surface area contributed by atoms with E-state index in [0.29, 0.717) is 38.1 Å². The Morgan fingerprint density at radius 1 is 1.21 bits per heavy atom. The van der Waals surface area contributed by atoms with Gasteiger partial charge >= 0.3 is 0 Å². The maximum Gasteiger partial charge on any atom is 0.169 e. The molecule has 0 N–H and O–H groups in total. The number of carbonyl (C=O) groups excluding carboxylic acids is 2. The first-order valence-corrected chi connectivity index (χ1v) is 6.97. The molecule has 3 rings (SSSR count). The summed E-state index contributed by atoms with van der Waals surface area (Å²) in [5, 5.41) is 0. The Morgan fingerprint density at radius 2 is 1.95 bits per heavy atom. The Balaban J connectivity index is 1.97. The van der Waals surface area contributed by atoms with Crippen molar-refractivity contribution in [3.05, 3.63) is 29.3 Å². The third-order valence-electron chi connectivity index (χ3n) is 4.44. The van der Waals surface area contributed by atoms with E-state index in [2.05, 4.69) is 0 Å². The number of fused-ring (bicyclic) bond motifs is 1. The third-order valence-corrected chi connectivity index (χ3v) is 4.44. The van der Waals surface area contributed by atoms with E-state index in [9.17, 15) is 9.59 Å². The lowest BCUT2D eigenvalue weighted by molar-refractivity contribution is -0.121. The van der Waals surface area contributed by atoms with Crippen molar-refractivity contribution in [3.63, 3.8) is 0 Å². The molecule has 100 valence electrons. The minimum Gasteiger partial charge on any atom is -0.494 e. The van der Waals surface area contributed by atoms with Crippen molar-refractivity contribution in [1.29, 1.82) is 0 Å². The van der Waals surface area contributed by atoms with Crippen molar-refractivity contribution in [2.75, 3.05) is 6.61 Å². The van der Waals surface area contributed by atoms with Crippen molar-refractivity contribution < 1.29 is 14.3 Å². The molecule has 1 aromatic rings. The van der Waals surface area contributed by atoms with Crippen LogP contribution in [0.25, 0.3) is 0 Å². The molecule has 19 heavy (non-hydrogen) atoms. The fraction of sp³-hybridized carbons (Fsp3) is 0.500. The number of rotatable bonds is 2. The number of hydrogen-bond donors (Lipinski definition) is 0. The van der Waals surface area contributed by atoms with E-state index in [-0.39, 0.29) is 11.2 Å². The highest BCUT2D eigenvalue weighted by molar-refractivity contribution is 6.06. The van der Waals surface area contributed by atoms with Gasteiger partial charge in [-0.25, -0.2) is 0 Å². The molecule has 2 aliphatic carbocycles. The van der Waals surface area contributed by atoms with Crippen LogP contribution in [0.5, 0.6) is 5.75 Å². The molecule has 1 fully saturated rings. The van der Waals surface area contributed by atoms with Gasteiger partial charge in [0.05, 0.1) is 6.61 Å². The molecule has 0 amide bonds. The van der Waals surface area contributed by atoms with Gasteiger partial charge in [0, 0.05) is 29.4 Å². The maximum atomic E-state index is 12.7. The van der Waals surface area contributed by atoms with Crippen molar-refractivity contribution in [2.45, 2.75) is 39.0 Å². The number of benzene rings is 1. The van der Waals surface area contributed by atoms with Gasteiger partial charge in [-0.15, -0.1) is 0 Å². The van der Waals surface area contributed by atoms with Gasteiger partial charge in [-0.2, -0.15) is 0 Å². The highest BCUT2D eigenvalue weighted by Crippen LogP contribution is 2.48. The smallest absolute Gasteiger partial charge is 0.169 e. The van der Waals surface area contributed by atoms with Crippen molar-refractivity contribution in [1.82, 2.24) is 0 Å². The van der Waals surface area contributed by atoms with E-state index in [0.717, 1.165) is 23.3 Å². The molecular formula is C16H18O3. The highest BCUT2D eigenvalue weighted by atomic mass is 16.5. The minimum absolute atomic E-state index is 0.219. The molecule has 0 aromatic heterocycles. The van der Waals surface area contributed by atoms with Crippen LogP contribution in [0.1, 0.15) is 48.5 Å². The average Bonchev–Trinajstić information content (AvgIpc) is 2.69. The van der Waals surface area contributed by atoms with Gasteiger partial charge in [-0.3, -0.25) is 9.59 Å². The van der Waals surface area contributed by atoms with Crippen molar-refractivity contribution in [2.24, 2.45) is 5.41 Å².